The van der Waals surface area contributed by atoms with Gasteiger partial charge in [-0.25, -0.2) is 0 Å². The number of amides is 1. The van der Waals surface area contributed by atoms with E-state index in [0.29, 0.717) is 11.5 Å². The first-order valence-electron chi connectivity index (χ1n) is 10.6. The predicted octanol–water partition coefficient (Wildman–Crippen LogP) is 4.46. The van der Waals surface area contributed by atoms with Crippen molar-refractivity contribution in [2.75, 3.05) is 18.1 Å². The van der Waals surface area contributed by atoms with Crippen molar-refractivity contribution < 1.29 is 19.1 Å². The average Bonchev–Trinajstić information content (AvgIpc) is 3.40. The van der Waals surface area contributed by atoms with Crippen LogP contribution in [-0.2, 0) is 14.3 Å². The van der Waals surface area contributed by atoms with Gasteiger partial charge in [0.2, 0.25) is 11.7 Å². The lowest BCUT2D eigenvalue weighted by atomic mass is 9.96. The second-order valence-corrected chi connectivity index (χ2v) is 8.05. The minimum absolute atomic E-state index is 0.0922. The lowest BCUT2D eigenvalue weighted by Gasteiger charge is -2.23. The number of hydrogen-bond acceptors (Lipinski definition) is 4. The van der Waals surface area contributed by atoms with E-state index in [4.69, 9.17) is 4.74 Å². The van der Waals surface area contributed by atoms with Crippen molar-refractivity contribution in [3.8, 4) is 0 Å². The number of para-hydroxylation sites is 2. The number of fused-ring (bicyclic) bond motifs is 1. The Morgan fingerprint density at radius 2 is 1.90 bits per heavy atom. The molecule has 0 spiro atoms. The van der Waals surface area contributed by atoms with Crippen LogP contribution in [0.4, 0.5) is 5.69 Å². The van der Waals surface area contributed by atoms with Gasteiger partial charge in [-0.2, -0.15) is 0 Å². The van der Waals surface area contributed by atoms with Gasteiger partial charge in [0.1, 0.15) is 0 Å². The second kappa shape index (κ2) is 8.76. The first-order valence-corrected chi connectivity index (χ1v) is 10.6. The highest BCUT2D eigenvalue weighted by molar-refractivity contribution is 6.09. The van der Waals surface area contributed by atoms with Gasteiger partial charge < -0.3 is 14.6 Å². The molecule has 0 aliphatic carbocycles. The minimum Gasteiger partial charge on any atom is -0.457 e. The fourth-order valence-corrected chi connectivity index (χ4v) is 4.10. The molecule has 2 heterocycles. The van der Waals surface area contributed by atoms with Gasteiger partial charge in [0.25, 0.3) is 0 Å². The number of hydrogen-bond donors (Lipinski definition) is 1. The molecule has 31 heavy (non-hydrogen) atoms. The standard InChI is InChI=1S/C25H26N2O4/c1-3-16(2)18-8-5-7-11-22(18)27-14-17(12-24(27)29)25(30)31-15-23(28)20-13-26-21-10-6-4-9-19(20)21/h4-11,13,16-17,26H,3,12,14-15H2,1-2H3/t16-,17-/m0/s1. The number of ether oxygens (including phenoxy) is 1. The number of carbonyl (C=O) groups excluding carboxylic acids is 3. The van der Waals surface area contributed by atoms with Crippen LogP contribution >= 0.6 is 0 Å². The monoisotopic (exact) mass is 418 g/mol. The highest BCUT2D eigenvalue weighted by Gasteiger charge is 2.37. The number of benzene rings is 2. The summed E-state index contributed by atoms with van der Waals surface area (Å²) in [6.07, 6.45) is 2.68. The van der Waals surface area contributed by atoms with Crippen molar-refractivity contribution in [3.63, 3.8) is 0 Å². The van der Waals surface area contributed by atoms with E-state index in [2.05, 4.69) is 18.8 Å². The number of anilines is 1. The summed E-state index contributed by atoms with van der Waals surface area (Å²) in [5, 5.41) is 0.799. The van der Waals surface area contributed by atoms with Crippen LogP contribution in [0, 0.1) is 5.92 Å². The third kappa shape index (κ3) is 4.10. The molecule has 1 aliphatic heterocycles. The SMILES string of the molecule is CC[C@H](C)c1ccccc1N1C[C@@H](C(=O)OCC(=O)c2c[nH]c3ccccc23)CC1=O. The summed E-state index contributed by atoms with van der Waals surface area (Å²) >= 11 is 0. The molecule has 1 aromatic heterocycles. The highest BCUT2D eigenvalue weighted by atomic mass is 16.5. The summed E-state index contributed by atoms with van der Waals surface area (Å²) in [6, 6.07) is 15.3. The first-order chi connectivity index (χ1) is 15.0. The molecule has 0 unspecified atom stereocenters. The zero-order chi connectivity index (χ0) is 22.0. The van der Waals surface area contributed by atoms with Crippen LogP contribution in [0.3, 0.4) is 0 Å². The summed E-state index contributed by atoms with van der Waals surface area (Å²) in [5.74, 6) is -1.14. The smallest absolute Gasteiger partial charge is 0.311 e. The summed E-state index contributed by atoms with van der Waals surface area (Å²) in [6.45, 7) is 4.17. The predicted molar refractivity (Wildman–Crippen MR) is 119 cm³/mol. The highest BCUT2D eigenvalue weighted by Crippen LogP contribution is 2.33. The molecule has 1 amide bonds. The van der Waals surface area contributed by atoms with Crippen LogP contribution in [0.1, 0.15) is 48.5 Å². The Hall–Kier alpha value is -3.41. The number of ketones is 1. The van der Waals surface area contributed by atoms with Gasteiger partial charge in [0, 0.05) is 41.3 Å². The molecule has 160 valence electrons. The molecule has 2 aromatic carbocycles. The molecule has 0 bridgehead atoms. The number of nitrogens with one attached hydrogen (secondary N) is 1. The Labute approximate surface area is 181 Å². The van der Waals surface area contributed by atoms with Crippen molar-refractivity contribution >= 4 is 34.3 Å². The van der Waals surface area contributed by atoms with E-state index < -0.39 is 11.9 Å². The van der Waals surface area contributed by atoms with Gasteiger partial charge >= 0.3 is 5.97 Å². The normalized spacial score (nSPS) is 17.2. The molecule has 1 fully saturated rings. The van der Waals surface area contributed by atoms with Crippen molar-refractivity contribution in [1.82, 2.24) is 4.98 Å². The van der Waals surface area contributed by atoms with Gasteiger partial charge in [0.05, 0.1) is 5.92 Å². The maximum absolute atomic E-state index is 12.7. The Bertz CT molecular complexity index is 1130. The maximum atomic E-state index is 12.7. The summed E-state index contributed by atoms with van der Waals surface area (Å²) in [4.78, 5) is 42.6. The fraction of sp³-hybridized carbons (Fsp3) is 0.320. The number of H-pyrrole nitrogens is 1. The number of esters is 1. The molecule has 6 nitrogen and oxygen atoms in total. The molecule has 1 aliphatic rings. The van der Waals surface area contributed by atoms with Crippen molar-refractivity contribution in [1.29, 1.82) is 0 Å². The number of aromatic amines is 1. The molecule has 0 radical (unpaired) electrons. The van der Waals surface area contributed by atoms with Gasteiger partial charge in [-0.3, -0.25) is 14.4 Å². The van der Waals surface area contributed by atoms with E-state index in [1.54, 1.807) is 11.1 Å². The van der Waals surface area contributed by atoms with Crippen LogP contribution in [0.2, 0.25) is 0 Å². The molecular formula is C25H26N2O4. The number of Topliss-reactive ketones (excluding diaryl/α,β-unsaturated/α-hetero) is 1. The van der Waals surface area contributed by atoms with Gasteiger partial charge in [-0.1, -0.05) is 50.2 Å². The van der Waals surface area contributed by atoms with E-state index >= 15 is 0 Å². The van der Waals surface area contributed by atoms with Crippen LogP contribution in [0.25, 0.3) is 10.9 Å². The zero-order valence-corrected chi connectivity index (χ0v) is 17.8. The number of aromatic nitrogens is 1. The molecule has 6 heteroatoms. The quantitative estimate of drug-likeness (QED) is 0.454. The summed E-state index contributed by atoms with van der Waals surface area (Å²) in [7, 11) is 0. The van der Waals surface area contributed by atoms with Crippen molar-refractivity contribution in [2.24, 2.45) is 5.92 Å². The van der Waals surface area contributed by atoms with Crippen LogP contribution in [0.15, 0.2) is 54.7 Å². The number of rotatable bonds is 7. The van der Waals surface area contributed by atoms with E-state index in [0.717, 1.165) is 28.6 Å². The topological polar surface area (TPSA) is 79.5 Å². The third-order valence-electron chi connectivity index (χ3n) is 6.06. The van der Waals surface area contributed by atoms with E-state index in [1.165, 1.54) is 0 Å². The first kappa shape index (κ1) is 20.8. The molecule has 3 aromatic rings. The summed E-state index contributed by atoms with van der Waals surface area (Å²) in [5.41, 5.74) is 3.30. The Morgan fingerprint density at radius 3 is 2.71 bits per heavy atom. The number of carbonyl (C=O) groups is 3. The van der Waals surface area contributed by atoms with Crippen LogP contribution < -0.4 is 4.90 Å². The Kier molecular flexibility index (Phi) is 5.89. The van der Waals surface area contributed by atoms with Gasteiger partial charge in [-0.05, 0) is 30.0 Å². The zero-order valence-electron chi connectivity index (χ0n) is 17.8. The maximum Gasteiger partial charge on any atom is 0.311 e. The molecule has 0 saturated carbocycles. The average molecular weight is 418 g/mol. The van der Waals surface area contributed by atoms with E-state index in [9.17, 15) is 14.4 Å². The lowest BCUT2D eigenvalue weighted by Crippen LogP contribution is -2.28. The molecule has 2 atom stereocenters. The molecule has 4 rings (SSSR count). The van der Waals surface area contributed by atoms with Gasteiger partial charge in [0.15, 0.2) is 6.61 Å². The fourth-order valence-electron chi connectivity index (χ4n) is 4.10. The van der Waals surface area contributed by atoms with Crippen molar-refractivity contribution in [2.45, 2.75) is 32.6 Å². The molecular weight excluding hydrogens is 392 g/mol. The second-order valence-electron chi connectivity index (χ2n) is 8.05. The molecule has 1 N–H and O–H groups in total. The van der Waals surface area contributed by atoms with E-state index in [-0.39, 0.29) is 31.3 Å². The Balaban J connectivity index is 1.42. The van der Waals surface area contributed by atoms with Crippen LogP contribution in [0.5, 0.6) is 0 Å². The van der Waals surface area contributed by atoms with Gasteiger partial charge in [-0.15, -0.1) is 0 Å². The molecule has 1 saturated heterocycles. The summed E-state index contributed by atoms with van der Waals surface area (Å²) < 4.78 is 5.31. The third-order valence-corrected chi connectivity index (χ3v) is 6.06. The van der Waals surface area contributed by atoms with Crippen LogP contribution in [-0.4, -0.2) is 35.8 Å². The number of nitrogens with zero attached hydrogens (tertiary/aromatic N) is 1. The Morgan fingerprint density at radius 1 is 1.16 bits per heavy atom. The lowest BCUT2D eigenvalue weighted by molar-refractivity contribution is -0.147. The van der Waals surface area contributed by atoms with E-state index in [1.807, 2.05) is 48.5 Å². The van der Waals surface area contributed by atoms with Crippen molar-refractivity contribution in [3.05, 3.63) is 65.9 Å². The largest absolute Gasteiger partial charge is 0.457 e. The minimum atomic E-state index is -0.576.